The predicted molar refractivity (Wildman–Crippen MR) is 100 cm³/mol. The highest BCUT2D eigenvalue weighted by Crippen LogP contribution is 2.32. The number of carbonyl (C=O) groups is 1. The molecule has 1 heterocycles. The minimum Gasteiger partial charge on any atom is -0.351 e. The first-order chi connectivity index (χ1) is 12.4. The third-order valence-electron chi connectivity index (χ3n) is 5.88. The van der Waals surface area contributed by atoms with Crippen molar-refractivity contribution in [3.8, 4) is 0 Å². The minimum atomic E-state index is -3.65. The molecule has 1 unspecified atom stereocenters. The molecule has 1 aromatic carbocycles. The highest BCUT2D eigenvalue weighted by molar-refractivity contribution is 7.89. The number of quaternary nitrogens is 1. The van der Waals surface area contributed by atoms with E-state index in [0.717, 1.165) is 30.5 Å². The van der Waals surface area contributed by atoms with Crippen LogP contribution in [0.2, 0.25) is 0 Å². The Morgan fingerprint density at radius 2 is 1.81 bits per heavy atom. The zero-order valence-electron chi connectivity index (χ0n) is 15.2. The average Bonchev–Trinajstić information content (AvgIpc) is 2.61. The van der Waals surface area contributed by atoms with Crippen molar-refractivity contribution in [2.45, 2.75) is 43.4 Å². The highest BCUT2D eigenvalue weighted by atomic mass is 32.2. The van der Waals surface area contributed by atoms with Crippen molar-refractivity contribution >= 4 is 15.9 Å². The van der Waals surface area contributed by atoms with Crippen LogP contribution >= 0.6 is 0 Å². The number of hydrogen-bond acceptors (Lipinski definition) is 3. The van der Waals surface area contributed by atoms with E-state index < -0.39 is 10.0 Å². The molecule has 6 nitrogen and oxygen atoms in total. The van der Waals surface area contributed by atoms with Crippen molar-refractivity contribution in [3.05, 3.63) is 29.8 Å². The van der Waals surface area contributed by atoms with Gasteiger partial charge in [-0.05, 0) is 49.3 Å². The summed E-state index contributed by atoms with van der Waals surface area (Å²) in [5.41, 5.74) is 0.980. The van der Waals surface area contributed by atoms with Crippen molar-refractivity contribution in [1.29, 1.82) is 0 Å². The fourth-order valence-corrected chi connectivity index (χ4v) is 4.95. The number of rotatable bonds is 6. The summed E-state index contributed by atoms with van der Waals surface area (Å²) in [6, 6.07) is 6.49. The number of piperidine rings is 1. The number of nitrogens with two attached hydrogens (primary N) is 1. The quantitative estimate of drug-likeness (QED) is 0.653. The Morgan fingerprint density at radius 1 is 1.12 bits per heavy atom. The number of primary sulfonamides is 1. The molecule has 1 aliphatic carbocycles. The zero-order valence-corrected chi connectivity index (χ0v) is 16.1. The molecule has 1 aromatic rings. The van der Waals surface area contributed by atoms with Gasteiger partial charge in [0.15, 0.2) is 6.54 Å². The number of amides is 1. The topological polar surface area (TPSA) is 93.7 Å². The van der Waals surface area contributed by atoms with Gasteiger partial charge in [-0.15, -0.1) is 0 Å². The van der Waals surface area contributed by atoms with Crippen molar-refractivity contribution in [1.82, 2.24) is 5.32 Å². The first-order valence-corrected chi connectivity index (χ1v) is 11.2. The maximum Gasteiger partial charge on any atom is 0.275 e. The van der Waals surface area contributed by atoms with Crippen molar-refractivity contribution < 1.29 is 18.1 Å². The van der Waals surface area contributed by atoms with E-state index in [1.54, 1.807) is 12.1 Å². The van der Waals surface area contributed by atoms with E-state index in [-0.39, 0.29) is 10.8 Å². The van der Waals surface area contributed by atoms with Gasteiger partial charge >= 0.3 is 0 Å². The molecule has 144 valence electrons. The Balaban J connectivity index is 1.39. The highest BCUT2D eigenvalue weighted by Gasteiger charge is 2.34. The van der Waals surface area contributed by atoms with Crippen molar-refractivity contribution in [3.63, 3.8) is 0 Å². The van der Waals surface area contributed by atoms with Gasteiger partial charge in [0, 0.05) is 12.5 Å². The molecule has 1 saturated carbocycles. The molecule has 0 spiro atoms. The van der Waals surface area contributed by atoms with Gasteiger partial charge in [0.25, 0.3) is 5.91 Å². The Morgan fingerprint density at radius 3 is 2.50 bits per heavy atom. The SMILES string of the molecule is NS(=O)(=O)c1ccc(CCNC(=O)C[NH+]2CC[C@@H]3CCCC[C@@H]3C2)cc1. The molecule has 1 saturated heterocycles. The van der Waals surface area contributed by atoms with E-state index in [4.69, 9.17) is 5.14 Å². The first kappa shape index (κ1) is 19.3. The normalized spacial score (nSPS) is 26.1. The van der Waals surface area contributed by atoms with Gasteiger partial charge in [-0.2, -0.15) is 0 Å². The fourth-order valence-electron chi connectivity index (χ4n) is 4.44. The maximum atomic E-state index is 12.2. The predicted octanol–water partition coefficient (Wildman–Crippen LogP) is 0.0877. The van der Waals surface area contributed by atoms with E-state index in [0.29, 0.717) is 19.5 Å². The Kier molecular flexibility index (Phi) is 6.32. The van der Waals surface area contributed by atoms with Crippen LogP contribution in [0.15, 0.2) is 29.2 Å². The molecule has 1 amide bonds. The summed E-state index contributed by atoms with van der Waals surface area (Å²) in [7, 11) is -3.65. The number of fused-ring (bicyclic) bond motifs is 1. The van der Waals surface area contributed by atoms with Crippen LogP contribution in [0.1, 0.15) is 37.7 Å². The Bertz CT molecular complexity index is 718. The molecular weight excluding hydrogens is 350 g/mol. The molecule has 0 aromatic heterocycles. The summed E-state index contributed by atoms with van der Waals surface area (Å²) < 4.78 is 22.5. The summed E-state index contributed by atoms with van der Waals surface area (Å²) in [6.07, 6.45) is 7.40. The second kappa shape index (κ2) is 8.50. The fraction of sp³-hybridized carbons (Fsp3) is 0.632. The third-order valence-corrected chi connectivity index (χ3v) is 6.81. The summed E-state index contributed by atoms with van der Waals surface area (Å²) in [5, 5.41) is 8.08. The smallest absolute Gasteiger partial charge is 0.275 e. The lowest BCUT2D eigenvalue weighted by atomic mass is 9.75. The second-order valence-electron chi connectivity index (χ2n) is 7.76. The summed E-state index contributed by atoms with van der Waals surface area (Å²) in [5.74, 6) is 1.82. The standard InChI is InChI=1S/C19H29N3O3S/c20-26(24,25)18-7-5-15(6-8-18)9-11-21-19(23)14-22-12-10-16-3-1-2-4-17(16)13-22/h5-8,16-17H,1-4,9-14H2,(H,21,23)(H2,20,24,25)/p+1/t16-,17+/m0/s1. The average molecular weight is 381 g/mol. The van der Waals surface area contributed by atoms with E-state index in [1.165, 1.54) is 49.1 Å². The molecule has 1 aliphatic heterocycles. The Hall–Kier alpha value is -1.44. The maximum absolute atomic E-state index is 12.2. The number of sulfonamides is 1. The molecule has 7 heteroatoms. The third kappa shape index (κ3) is 5.28. The van der Waals surface area contributed by atoms with Crippen molar-refractivity contribution in [2.75, 3.05) is 26.2 Å². The summed E-state index contributed by atoms with van der Waals surface area (Å²) in [4.78, 5) is 13.8. The summed E-state index contributed by atoms with van der Waals surface area (Å²) >= 11 is 0. The van der Waals surface area contributed by atoms with E-state index >= 15 is 0 Å². The lowest BCUT2D eigenvalue weighted by molar-refractivity contribution is -0.902. The van der Waals surface area contributed by atoms with Crippen LogP contribution in [0.4, 0.5) is 0 Å². The molecular formula is C19H30N3O3S+. The van der Waals surface area contributed by atoms with Crippen LogP contribution in [0.5, 0.6) is 0 Å². The molecule has 26 heavy (non-hydrogen) atoms. The van der Waals surface area contributed by atoms with Gasteiger partial charge in [-0.25, -0.2) is 13.6 Å². The monoisotopic (exact) mass is 380 g/mol. The number of benzene rings is 1. The van der Waals surface area contributed by atoms with Crippen LogP contribution in [0.25, 0.3) is 0 Å². The zero-order chi connectivity index (χ0) is 18.6. The van der Waals surface area contributed by atoms with Gasteiger partial charge in [0.05, 0.1) is 18.0 Å². The van der Waals surface area contributed by atoms with Crippen LogP contribution in [0.3, 0.4) is 0 Å². The van der Waals surface area contributed by atoms with Gasteiger partial charge in [0.1, 0.15) is 0 Å². The van der Waals surface area contributed by atoms with Crippen LogP contribution in [-0.2, 0) is 21.2 Å². The number of hydrogen-bond donors (Lipinski definition) is 3. The molecule has 3 atom stereocenters. The molecule has 2 fully saturated rings. The first-order valence-electron chi connectivity index (χ1n) is 9.64. The summed E-state index contributed by atoms with van der Waals surface area (Å²) in [6.45, 7) is 3.39. The van der Waals surface area contributed by atoms with Gasteiger partial charge in [-0.1, -0.05) is 25.0 Å². The molecule has 4 N–H and O–H groups in total. The molecule has 2 aliphatic rings. The van der Waals surface area contributed by atoms with Gasteiger partial charge in [0.2, 0.25) is 10.0 Å². The molecule has 3 rings (SSSR count). The Labute approximate surface area is 156 Å². The van der Waals surface area contributed by atoms with Crippen LogP contribution < -0.4 is 15.4 Å². The molecule has 0 bridgehead atoms. The van der Waals surface area contributed by atoms with Gasteiger partial charge < -0.3 is 10.2 Å². The van der Waals surface area contributed by atoms with Crippen LogP contribution in [0, 0.1) is 11.8 Å². The number of carbonyl (C=O) groups excluding carboxylic acids is 1. The van der Waals surface area contributed by atoms with E-state index in [1.807, 2.05) is 0 Å². The largest absolute Gasteiger partial charge is 0.351 e. The molecule has 0 radical (unpaired) electrons. The van der Waals surface area contributed by atoms with Crippen molar-refractivity contribution in [2.24, 2.45) is 17.0 Å². The second-order valence-corrected chi connectivity index (χ2v) is 9.32. The number of likely N-dealkylation sites (tertiary alicyclic amines) is 1. The van der Waals surface area contributed by atoms with E-state index in [2.05, 4.69) is 5.32 Å². The van der Waals surface area contributed by atoms with Gasteiger partial charge in [-0.3, -0.25) is 4.79 Å². The minimum absolute atomic E-state index is 0.107. The van der Waals surface area contributed by atoms with E-state index in [9.17, 15) is 13.2 Å². The lowest BCUT2D eigenvalue weighted by Crippen LogP contribution is -3.15. The van der Waals surface area contributed by atoms with Crippen LogP contribution in [-0.4, -0.2) is 40.5 Å². The lowest BCUT2D eigenvalue weighted by Gasteiger charge is -2.38. The number of nitrogens with one attached hydrogen (secondary N) is 2.